The minimum atomic E-state index is -0.879. The largest absolute Gasteiger partial charge is 0.478 e. The quantitative estimate of drug-likeness (QED) is 0.635. The molecular formula is C23H23FN2O5. The van der Waals surface area contributed by atoms with Gasteiger partial charge in [0.15, 0.2) is 0 Å². The second-order valence-electron chi connectivity index (χ2n) is 6.43. The van der Waals surface area contributed by atoms with Crippen LogP contribution in [-0.2, 0) is 0 Å². The van der Waals surface area contributed by atoms with Crippen LogP contribution in [0.15, 0.2) is 79.1 Å². The van der Waals surface area contributed by atoms with E-state index in [1.807, 2.05) is 0 Å². The number of hydrogen-bond donors (Lipinski definition) is 2. The topological polar surface area (TPSA) is 100.0 Å². The number of hydrogen-bond acceptors (Lipinski definition) is 5. The number of likely N-dealkylation sites (tertiary alicyclic amines) is 1. The van der Waals surface area contributed by atoms with Gasteiger partial charge < -0.3 is 14.9 Å². The summed E-state index contributed by atoms with van der Waals surface area (Å²) >= 11 is 0. The van der Waals surface area contributed by atoms with E-state index in [1.54, 1.807) is 60.7 Å². The second-order valence-corrected chi connectivity index (χ2v) is 6.43. The molecule has 162 valence electrons. The van der Waals surface area contributed by atoms with Crippen LogP contribution in [-0.4, -0.2) is 51.9 Å². The number of carboxylic acids is 2. The Labute approximate surface area is 179 Å². The van der Waals surface area contributed by atoms with Crippen LogP contribution in [0.2, 0.25) is 0 Å². The highest BCUT2D eigenvalue weighted by Crippen LogP contribution is 2.12. The molecule has 0 amide bonds. The van der Waals surface area contributed by atoms with Crippen molar-refractivity contribution in [2.24, 2.45) is 0 Å². The van der Waals surface area contributed by atoms with E-state index in [4.69, 9.17) is 14.9 Å². The lowest BCUT2D eigenvalue weighted by atomic mass is 10.2. The van der Waals surface area contributed by atoms with Crippen molar-refractivity contribution >= 4 is 11.9 Å². The van der Waals surface area contributed by atoms with Crippen molar-refractivity contribution in [3.8, 4) is 5.75 Å². The average molecular weight is 426 g/mol. The first kappa shape index (κ1) is 23.5. The first-order valence-corrected chi connectivity index (χ1v) is 9.48. The van der Waals surface area contributed by atoms with E-state index >= 15 is 0 Å². The maximum absolute atomic E-state index is 12.6. The number of nitrogens with zero attached hydrogens (tertiary/aromatic N) is 2. The van der Waals surface area contributed by atoms with Crippen LogP contribution in [0.3, 0.4) is 0 Å². The van der Waals surface area contributed by atoms with Crippen LogP contribution in [0.1, 0.15) is 27.1 Å². The van der Waals surface area contributed by atoms with Crippen molar-refractivity contribution in [1.29, 1.82) is 0 Å². The Balaban J connectivity index is 0.000000170. The lowest BCUT2D eigenvalue weighted by Crippen LogP contribution is -2.39. The number of carboxylic acid groups (broad SMARTS) is 2. The maximum atomic E-state index is 12.6. The summed E-state index contributed by atoms with van der Waals surface area (Å²) in [6.07, 6.45) is 3.91. The highest BCUT2D eigenvalue weighted by molar-refractivity contribution is 5.87. The number of rotatable bonds is 5. The monoisotopic (exact) mass is 426 g/mol. The van der Waals surface area contributed by atoms with Gasteiger partial charge in [-0.2, -0.15) is 0 Å². The molecule has 0 saturated carbocycles. The number of halogens is 1. The minimum Gasteiger partial charge on any atom is -0.478 e. The zero-order chi connectivity index (χ0) is 22.5. The van der Waals surface area contributed by atoms with Gasteiger partial charge in [-0.05, 0) is 30.7 Å². The maximum Gasteiger partial charge on any atom is 0.335 e. The number of ether oxygens (including phenoxy) is 1. The summed E-state index contributed by atoms with van der Waals surface area (Å²) in [6, 6.07) is 17.9. The summed E-state index contributed by atoms with van der Waals surface area (Å²) in [7, 11) is 0. The summed E-state index contributed by atoms with van der Waals surface area (Å²) in [5.74, 6) is -1.63. The first-order valence-electron chi connectivity index (χ1n) is 9.48. The summed E-state index contributed by atoms with van der Waals surface area (Å²) in [6.45, 7) is 2.68. The number of aromatic carboxylic acids is 2. The molecule has 0 aliphatic carbocycles. The smallest absolute Gasteiger partial charge is 0.335 e. The molecule has 4 rings (SSSR count). The van der Waals surface area contributed by atoms with Crippen LogP contribution in [0, 0.1) is 5.82 Å². The second kappa shape index (κ2) is 12.7. The van der Waals surface area contributed by atoms with Crippen molar-refractivity contribution in [1.82, 2.24) is 9.88 Å². The molecule has 7 nitrogen and oxygen atoms in total. The fraction of sp³-hybridized carbons (Fsp3) is 0.174. The Hall–Kier alpha value is -3.78. The fourth-order valence-electron chi connectivity index (χ4n) is 2.31. The fourth-order valence-corrected chi connectivity index (χ4v) is 2.31. The van der Waals surface area contributed by atoms with E-state index in [0.717, 1.165) is 19.3 Å². The Morgan fingerprint density at radius 2 is 1.42 bits per heavy atom. The van der Waals surface area contributed by atoms with E-state index in [1.165, 1.54) is 18.7 Å². The third-order valence-electron chi connectivity index (χ3n) is 4.08. The molecule has 2 aromatic carbocycles. The van der Waals surface area contributed by atoms with Gasteiger partial charge >= 0.3 is 11.9 Å². The molecule has 31 heavy (non-hydrogen) atoms. The molecule has 1 aliphatic heterocycles. The van der Waals surface area contributed by atoms with Crippen molar-refractivity contribution < 1.29 is 28.9 Å². The zero-order valence-electron chi connectivity index (χ0n) is 16.7. The van der Waals surface area contributed by atoms with E-state index in [9.17, 15) is 14.0 Å². The summed E-state index contributed by atoms with van der Waals surface area (Å²) < 4.78 is 17.9. The van der Waals surface area contributed by atoms with E-state index < -0.39 is 11.9 Å². The molecule has 1 fully saturated rings. The van der Waals surface area contributed by atoms with Gasteiger partial charge in [-0.3, -0.25) is 9.88 Å². The van der Waals surface area contributed by atoms with Crippen LogP contribution >= 0.6 is 0 Å². The Kier molecular flexibility index (Phi) is 9.64. The summed E-state index contributed by atoms with van der Waals surface area (Å²) in [5, 5.41) is 16.8. The number of benzene rings is 2. The Bertz CT molecular complexity index is 901. The van der Waals surface area contributed by atoms with E-state index in [-0.39, 0.29) is 5.82 Å². The predicted molar refractivity (Wildman–Crippen MR) is 113 cm³/mol. The van der Waals surface area contributed by atoms with Gasteiger partial charge in [-0.15, -0.1) is 0 Å². The number of pyridine rings is 1. The lowest BCUT2D eigenvalue weighted by molar-refractivity contribution is 0.0686. The Morgan fingerprint density at radius 3 is 1.77 bits per heavy atom. The van der Waals surface area contributed by atoms with E-state index in [2.05, 4.69) is 9.88 Å². The normalized spacial score (nSPS) is 12.2. The highest BCUT2D eigenvalue weighted by Gasteiger charge is 2.13. The molecule has 1 aliphatic rings. The van der Waals surface area contributed by atoms with Gasteiger partial charge in [0.25, 0.3) is 0 Å². The molecule has 2 N–H and O–H groups in total. The molecule has 0 unspecified atom stereocenters. The van der Waals surface area contributed by atoms with Crippen LogP contribution in [0.25, 0.3) is 0 Å². The van der Waals surface area contributed by atoms with Crippen molar-refractivity contribution in [2.45, 2.75) is 6.42 Å². The zero-order valence-corrected chi connectivity index (χ0v) is 16.7. The SMILES string of the molecule is Fc1cncc(OCN2CCC2)c1.O=C(O)c1ccccc1.O=C(O)c1ccccc1. The predicted octanol–water partition coefficient (Wildman–Crippen LogP) is 4.03. The third-order valence-corrected chi connectivity index (χ3v) is 4.08. The van der Waals surface area contributed by atoms with Crippen molar-refractivity contribution in [2.75, 3.05) is 19.8 Å². The lowest BCUT2D eigenvalue weighted by Gasteiger charge is -2.29. The van der Waals surface area contributed by atoms with Gasteiger partial charge in [0.05, 0.1) is 23.5 Å². The van der Waals surface area contributed by atoms with E-state index in [0.29, 0.717) is 23.6 Å². The van der Waals surface area contributed by atoms with Gasteiger partial charge in [-0.25, -0.2) is 14.0 Å². The van der Waals surface area contributed by atoms with Crippen molar-refractivity contribution in [3.05, 3.63) is 96.1 Å². The molecule has 3 aromatic rings. The van der Waals surface area contributed by atoms with Crippen LogP contribution in [0.4, 0.5) is 4.39 Å². The Morgan fingerprint density at radius 1 is 0.903 bits per heavy atom. The highest BCUT2D eigenvalue weighted by atomic mass is 19.1. The number of aromatic nitrogens is 1. The molecule has 1 saturated heterocycles. The molecular weight excluding hydrogens is 403 g/mol. The van der Waals surface area contributed by atoms with Gasteiger partial charge in [0, 0.05) is 19.2 Å². The number of carbonyl (C=O) groups is 2. The standard InChI is InChI=1S/C9H11FN2O.2C7H6O2/c10-8-4-9(6-11-5-8)13-7-12-2-1-3-12;2*8-7(9)6-4-2-1-3-5-6/h4-6H,1-3,7H2;2*1-5H,(H,8,9). The minimum absolute atomic E-state index is 0.331. The van der Waals surface area contributed by atoms with Gasteiger partial charge in [-0.1, -0.05) is 36.4 Å². The molecule has 0 radical (unpaired) electrons. The molecule has 0 spiro atoms. The van der Waals surface area contributed by atoms with Crippen LogP contribution in [0.5, 0.6) is 5.75 Å². The molecule has 8 heteroatoms. The molecule has 2 heterocycles. The van der Waals surface area contributed by atoms with Crippen LogP contribution < -0.4 is 4.74 Å². The van der Waals surface area contributed by atoms with Gasteiger partial charge in [0.1, 0.15) is 18.3 Å². The third kappa shape index (κ3) is 9.05. The average Bonchev–Trinajstić information content (AvgIpc) is 2.75. The molecule has 0 bridgehead atoms. The summed E-state index contributed by atoms with van der Waals surface area (Å²) in [5.41, 5.74) is 0.662. The molecule has 0 atom stereocenters. The molecule has 1 aromatic heterocycles. The van der Waals surface area contributed by atoms with Crippen molar-refractivity contribution in [3.63, 3.8) is 0 Å². The summed E-state index contributed by atoms with van der Waals surface area (Å²) in [4.78, 5) is 26.2. The first-order chi connectivity index (χ1) is 15.0. The van der Waals surface area contributed by atoms with Gasteiger partial charge in [0.2, 0.25) is 0 Å².